The summed E-state index contributed by atoms with van der Waals surface area (Å²) in [5, 5.41) is 49.4. The van der Waals surface area contributed by atoms with Crippen LogP contribution in [0.1, 0.15) is 89.5 Å². The van der Waals surface area contributed by atoms with Crippen molar-refractivity contribution in [1.29, 1.82) is 0 Å². The molecule has 0 saturated carbocycles. The zero-order valence-corrected chi connectivity index (χ0v) is 31.8. The number of phenolic OH excluding ortho intramolecular Hbond substituents is 4. The normalized spacial score (nSPS) is 12.5. The highest BCUT2D eigenvalue weighted by atomic mass is 16.3. The molecule has 6 N–H and O–H groups in total. The van der Waals surface area contributed by atoms with Gasteiger partial charge in [-0.25, -0.2) is 0 Å². The van der Waals surface area contributed by atoms with E-state index in [1.807, 2.05) is 38.1 Å². The average Bonchev–Trinajstić information content (AvgIpc) is 3.63. The molecule has 6 nitrogen and oxygen atoms in total. The molecule has 6 aromatic rings. The van der Waals surface area contributed by atoms with Gasteiger partial charge < -0.3 is 30.4 Å². The molecule has 0 bridgehead atoms. The number of benzene rings is 4. The lowest BCUT2D eigenvalue weighted by molar-refractivity contribution is 0.470. The van der Waals surface area contributed by atoms with Crippen molar-refractivity contribution in [2.45, 2.75) is 93.9 Å². The highest BCUT2D eigenvalue weighted by molar-refractivity contribution is 6.16. The molecule has 270 valence electrons. The molecule has 0 amide bonds. The quantitative estimate of drug-likeness (QED) is 0.0757. The summed E-state index contributed by atoms with van der Waals surface area (Å²) in [6, 6.07) is 11.3. The third-order valence-corrected chi connectivity index (χ3v) is 10.4. The van der Waals surface area contributed by atoms with E-state index in [4.69, 9.17) is 0 Å². The van der Waals surface area contributed by atoms with Gasteiger partial charge in [0.1, 0.15) is 23.0 Å². The van der Waals surface area contributed by atoms with Crippen LogP contribution in [-0.2, 0) is 12.8 Å². The van der Waals surface area contributed by atoms with Crippen LogP contribution < -0.4 is 0 Å². The molecular formula is C46H52N2O4. The topological polar surface area (TPSA) is 112 Å². The van der Waals surface area contributed by atoms with Gasteiger partial charge in [0.25, 0.3) is 0 Å². The Hall–Kier alpha value is -5.36. The molecule has 2 aromatic heterocycles. The highest BCUT2D eigenvalue weighted by Gasteiger charge is 2.24. The number of nitrogens with one attached hydrogen (secondary N) is 2. The summed E-state index contributed by atoms with van der Waals surface area (Å²) >= 11 is 0. The summed E-state index contributed by atoms with van der Waals surface area (Å²) in [5.41, 5.74) is 12.1. The van der Waals surface area contributed by atoms with E-state index in [-0.39, 0.29) is 23.0 Å². The molecule has 6 heteroatoms. The Bertz CT molecular complexity index is 2300. The van der Waals surface area contributed by atoms with Crippen LogP contribution in [0, 0.1) is 13.8 Å². The van der Waals surface area contributed by atoms with Crippen LogP contribution in [0.5, 0.6) is 23.0 Å². The van der Waals surface area contributed by atoms with Crippen molar-refractivity contribution < 1.29 is 20.4 Å². The summed E-state index contributed by atoms with van der Waals surface area (Å²) in [6.45, 7) is 16.6. The maximum Gasteiger partial charge on any atom is 0.147 e. The number of hydrogen-bond acceptors (Lipinski definition) is 4. The third kappa shape index (κ3) is 6.94. The lowest BCUT2D eigenvalue weighted by Gasteiger charge is -2.15. The fourth-order valence-corrected chi connectivity index (χ4v) is 7.51. The van der Waals surface area contributed by atoms with Crippen LogP contribution in [0.4, 0.5) is 0 Å². The summed E-state index contributed by atoms with van der Waals surface area (Å²) in [5.74, 6) is 0.514. The van der Waals surface area contributed by atoms with Gasteiger partial charge in [-0.15, -0.1) is 0 Å². The lowest BCUT2D eigenvalue weighted by atomic mass is 9.91. The van der Waals surface area contributed by atoms with Gasteiger partial charge in [-0.3, -0.25) is 0 Å². The molecule has 2 heterocycles. The van der Waals surface area contributed by atoms with Gasteiger partial charge >= 0.3 is 0 Å². The molecule has 0 aliphatic carbocycles. The second kappa shape index (κ2) is 14.7. The van der Waals surface area contributed by atoms with Gasteiger partial charge in [-0.05, 0) is 141 Å². The van der Waals surface area contributed by atoms with Crippen molar-refractivity contribution in [3.05, 3.63) is 105 Å². The lowest BCUT2D eigenvalue weighted by Crippen LogP contribution is -1.91. The second-order valence-electron chi connectivity index (χ2n) is 15.1. The Morgan fingerprint density at radius 2 is 0.904 bits per heavy atom. The first-order valence-electron chi connectivity index (χ1n) is 18.3. The zero-order chi connectivity index (χ0) is 37.4. The van der Waals surface area contributed by atoms with Crippen molar-refractivity contribution in [2.24, 2.45) is 0 Å². The van der Waals surface area contributed by atoms with E-state index in [9.17, 15) is 20.4 Å². The molecule has 4 aromatic carbocycles. The molecule has 0 radical (unpaired) electrons. The van der Waals surface area contributed by atoms with Crippen LogP contribution in [0.3, 0.4) is 0 Å². The van der Waals surface area contributed by atoms with Gasteiger partial charge in [0.05, 0.1) is 22.1 Å². The van der Waals surface area contributed by atoms with Gasteiger partial charge in [-0.2, -0.15) is 0 Å². The van der Waals surface area contributed by atoms with Gasteiger partial charge in [0, 0.05) is 43.8 Å². The van der Waals surface area contributed by atoms with E-state index in [1.54, 1.807) is 12.1 Å². The maximum atomic E-state index is 12.0. The number of aryl methyl sites for hydroxylation is 2. The second-order valence-corrected chi connectivity index (χ2v) is 15.1. The fourth-order valence-electron chi connectivity index (χ4n) is 7.51. The smallest absolute Gasteiger partial charge is 0.147 e. The Morgan fingerprint density at radius 3 is 1.27 bits per heavy atom. The minimum absolute atomic E-state index is 0.0472. The molecule has 0 fully saturated rings. The van der Waals surface area contributed by atoms with Crippen molar-refractivity contribution >= 4 is 43.6 Å². The SMILES string of the molecule is CC(C)=CCC/C(C)=C/Cc1c(O)ccc2c1[nH]c1c(O)c(-c3c(C)cc4c([nH]c5c(C/C=C(\C)CCC=C(C)C)c(O)ccc54)c3O)c(C)cc12. The molecular weight excluding hydrogens is 645 g/mol. The number of fused-ring (bicyclic) bond motifs is 6. The molecule has 52 heavy (non-hydrogen) atoms. The summed E-state index contributed by atoms with van der Waals surface area (Å²) < 4.78 is 0. The predicted octanol–water partition coefficient (Wildman–Crippen LogP) is 12.5. The first-order valence-corrected chi connectivity index (χ1v) is 18.3. The standard InChI is InChI=1S/C46H52N2O4/c1-25(2)11-9-13-27(5)15-17-33-37(49)21-19-31-35-23-29(7)39(45(51)43(35)47-41(31)33)40-30(8)24-36-32-20-22-38(50)34(42(32)48-44(36)46(40)52)18-16-28(6)14-10-12-26(3)4/h11-12,15-16,19-24,47-52H,9-10,13-14,17-18H2,1-8H3/b27-15+,28-16+. The van der Waals surface area contributed by atoms with Crippen LogP contribution in [0.15, 0.2) is 83.0 Å². The largest absolute Gasteiger partial charge is 0.508 e. The predicted molar refractivity (Wildman–Crippen MR) is 219 cm³/mol. The summed E-state index contributed by atoms with van der Waals surface area (Å²) in [7, 11) is 0. The highest BCUT2D eigenvalue weighted by Crippen LogP contribution is 2.49. The average molecular weight is 697 g/mol. The van der Waals surface area contributed by atoms with E-state index in [0.29, 0.717) is 35.0 Å². The van der Waals surface area contributed by atoms with Crippen LogP contribution in [0.25, 0.3) is 54.7 Å². The van der Waals surface area contributed by atoms with Crippen LogP contribution >= 0.6 is 0 Å². The van der Waals surface area contributed by atoms with Gasteiger partial charge in [0.15, 0.2) is 0 Å². The van der Waals surface area contributed by atoms with E-state index >= 15 is 0 Å². The minimum Gasteiger partial charge on any atom is -0.508 e. The first-order chi connectivity index (χ1) is 24.8. The van der Waals surface area contributed by atoms with E-state index in [2.05, 4.69) is 75.8 Å². The molecule has 0 atom stereocenters. The van der Waals surface area contributed by atoms with E-state index < -0.39 is 0 Å². The molecule has 0 unspecified atom stereocenters. The van der Waals surface area contributed by atoms with Crippen molar-refractivity contribution in [1.82, 2.24) is 9.97 Å². The molecule has 6 rings (SSSR count). The summed E-state index contributed by atoms with van der Waals surface area (Å²) in [4.78, 5) is 6.91. The first kappa shape index (κ1) is 36.4. The molecule has 0 saturated heterocycles. The van der Waals surface area contributed by atoms with Gasteiger partial charge in [0.2, 0.25) is 0 Å². The maximum absolute atomic E-state index is 12.0. The number of allylic oxidation sites excluding steroid dienone is 8. The number of H-pyrrole nitrogens is 2. The molecule has 0 aliphatic heterocycles. The Morgan fingerprint density at radius 1 is 0.519 bits per heavy atom. The van der Waals surface area contributed by atoms with Crippen LogP contribution in [-0.4, -0.2) is 30.4 Å². The Labute approximate surface area is 306 Å². The van der Waals surface area contributed by atoms with Gasteiger partial charge in [-0.1, -0.05) is 46.6 Å². The van der Waals surface area contributed by atoms with Crippen molar-refractivity contribution in [2.75, 3.05) is 0 Å². The van der Waals surface area contributed by atoms with E-state index in [0.717, 1.165) is 80.5 Å². The van der Waals surface area contributed by atoms with Crippen molar-refractivity contribution in [3.8, 4) is 34.1 Å². The number of aromatic amines is 2. The number of aromatic hydroxyl groups is 4. The molecule has 0 spiro atoms. The number of phenols is 4. The third-order valence-electron chi connectivity index (χ3n) is 10.4. The molecule has 0 aliphatic rings. The number of rotatable bonds is 11. The summed E-state index contributed by atoms with van der Waals surface area (Å²) in [6.07, 6.45) is 13.8. The fraction of sp³-hybridized carbons (Fsp3) is 0.304. The monoisotopic (exact) mass is 696 g/mol. The zero-order valence-electron chi connectivity index (χ0n) is 31.8. The Kier molecular flexibility index (Phi) is 10.3. The minimum atomic E-state index is 0.0472. The van der Waals surface area contributed by atoms with Crippen molar-refractivity contribution in [3.63, 3.8) is 0 Å². The number of hydrogen-bond donors (Lipinski definition) is 6. The number of aromatic nitrogens is 2. The Balaban J connectivity index is 1.44. The van der Waals surface area contributed by atoms with Crippen LogP contribution in [0.2, 0.25) is 0 Å². The van der Waals surface area contributed by atoms with E-state index in [1.165, 1.54) is 22.3 Å².